The number of nitrogens with zero attached hydrogens (tertiary/aromatic N) is 2. The van der Waals surface area contributed by atoms with Gasteiger partial charge in [-0.05, 0) is 99.8 Å². The van der Waals surface area contributed by atoms with Gasteiger partial charge >= 0.3 is 0 Å². The number of carbonyl (C=O) groups excluding carboxylic acids is 2. The Labute approximate surface area is 215 Å². The van der Waals surface area contributed by atoms with Gasteiger partial charge in [0.15, 0.2) is 5.78 Å². The van der Waals surface area contributed by atoms with Crippen LogP contribution in [0.5, 0.6) is 5.75 Å². The zero-order valence-electron chi connectivity index (χ0n) is 20.7. The van der Waals surface area contributed by atoms with Crippen molar-refractivity contribution in [3.63, 3.8) is 0 Å². The molecular weight excluding hydrogens is 460 g/mol. The van der Waals surface area contributed by atoms with Gasteiger partial charge in [0.25, 0.3) is 0 Å². The quantitative estimate of drug-likeness (QED) is 0.454. The van der Waals surface area contributed by atoms with E-state index >= 15 is 0 Å². The van der Waals surface area contributed by atoms with Gasteiger partial charge in [-0.15, -0.1) is 12.4 Å². The molecule has 0 N–H and O–H groups in total. The number of likely N-dealkylation sites (tertiary alicyclic amines) is 1. The number of hydrogen-bond acceptors (Lipinski definition) is 4. The van der Waals surface area contributed by atoms with Crippen molar-refractivity contribution >= 4 is 29.8 Å². The minimum absolute atomic E-state index is 0. The zero-order valence-corrected chi connectivity index (χ0v) is 21.5. The van der Waals surface area contributed by atoms with Crippen molar-refractivity contribution in [1.29, 1.82) is 0 Å². The SMILES string of the molecule is CC(COc1ccccc1)N1CCC(CCC(=O)c2cc3c4c(c2)CCC(=O)N4CCC3)CC1.Cl. The van der Waals surface area contributed by atoms with Crippen LogP contribution in [0, 0.1) is 5.92 Å². The third-order valence-electron chi connectivity index (χ3n) is 7.88. The number of rotatable bonds is 8. The lowest BCUT2D eigenvalue weighted by molar-refractivity contribution is -0.119. The largest absolute Gasteiger partial charge is 0.492 e. The number of anilines is 1. The second kappa shape index (κ2) is 11.6. The number of ether oxygens (including phenoxy) is 1. The fraction of sp³-hybridized carbons (Fsp3) is 0.517. The van der Waals surface area contributed by atoms with Crippen LogP contribution in [-0.4, -0.2) is 48.9 Å². The first-order valence-corrected chi connectivity index (χ1v) is 13.0. The number of piperidine rings is 1. The lowest BCUT2D eigenvalue weighted by Gasteiger charge is -2.36. The minimum atomic E-state index is 0. The van der Waals surface area contributed by atoms with Gasteiger partial charge < -0.3 is 9.64 Å². The predicted molar refractivity (Wildman–Crippen MR) is 142 cm³/mol. The molecule has 1 atom stereocenters. The molecule has 5 rings (SSSR count). The average Bonchev–Trinajstić information content (AvgIpc) is 2.88. The topological polar surface area (TPSA) is 49.9 Å². The number of amides is 1. The van der Waals surface area contributed by atoms with Crippen molar-refractivity contribution in [2.45, 2.75) is 64.3 Å². The van der Waals surface area contributed by atoms with Gasteiger partial charge in [-0.25, -0.2) is 0 Å². The van der Waals surface area contributed by atoms with Crippen molar-refractivity contribution in [3.05, 3.63) is 59.2 Å². The van der Waals surface area contributed by atoms with E-state index in [2.05, 4.69) is 24.0 Å². The Bertz CT molecular complexity index is 1020. The van der Waals surface area contributed by atoms with E-state index in [9.17, 15) is 9.59 Å². The fourth-order valence-corrected chi connectivity index (χ4v) is 5.82. The van der Waals surface area contributed by atoms with Crippen molar-refractivity contribution in [2.24, 2.45) is 5.92 Å². The van der Waals surface area contributed by atoms with Gasteiger partial charge in [-0.1, -0.05) is 18.2 Å². The molecule has 35 heavy (non-hydrogen) atoms. The van der Waals surface area contributed by atoms with Gasteiger partial charge in [0.1, 0.15) is 12.4 Å². The molecule has 1 saturated heterocycles. The van der Waals surface area contributed by atoms with Gasteiger partial charge in [-0.2, -0.15) is 0 Å². The summed E-state index contributed by atoms with van der Waals surface area (Å²) in [7, 11) is 0. The summed E-state index contributed by atoms with van der Waals surface area (Å²) in [6.45, 7) is 5.92. The number of halogens is 1. The molecule has 188 valence electrons. The second-order valence-corrected chi connectivity index (χ2v) is 10.2. The van der Waals surface area contributed by atoms with E-state index in [1.165, 1.54) is 11.1 Å². The number of para-hydroxylation sites is 1. The van der Waals surface area contributed by atoms with Crippen molar-refractivity contribution in [1.82, 2.24) is 4.90 Å². The first-order valence-electron chi connectivity index (χ1n) is 13.0. The monoisotopic (exact) mass is 496 g/mol. The summed E-state index contributed by atoms with van der Waals surface area (Å²) < 4.78 is 5.94. The van der Waals surface area contributed by atoms with E-state index in [1.807, 2.05) is 35.2 Å². The molecule has 0 bridgehead atoms. The van der Waals surface area contributed by atoms with E-state index in [0.717, 1.165) is 75.2 Å². The molecule has 0 spiro atoms. The van der Waals surface area contributed by atoms with Crippen LogP contribution in [0.4, 0.5) is 5.69 Å². The van der Waals surface area contributed by atoms with Crippen LogP contribution in [0.25, 0.3) is 0 Å². The summed E-state index contributed by atoms with van der Waals surface area (Å²) in [4.78, 5) is 29.8. The Balaban J connectivity index is 0.00000289. The number of Topliss-reactive ketones (excluding diaryl/α,β-unsaturated/α-hetero) is 1. The normalized spacial score (nSPS) is 19.0. The molecule has 3 heterocycles. The molecule has 0 aromatic heterocycles. The predicted octanol–water partition coefficient (Wildman–Crippen LogP) is 5.48. The van der Waals surface area contributed by atoms with Crippen molar-refractivity contribution in [2.75, 3.05) is 31.1 Å². The standard InChI is InChI=1S/C29H36N2O3.ClH/c1-21(20-34-26-7-3-2-4-8-26)30-16-13-22(14-17-30)9-11-27(32)25-18-23-6-5-15-31-28(33)12-10-24(19-25)29(23)31;/h2-4,7-8,18-19,21-22H,5-6,9-17,20H2,1H3;1H. The third kappa shape index (κ3) is 5.90. The van der Waals surface area contributed by atoms with Crippen molar-refractivity contribution in [3.8, 4) is 5.75 Å². The molecule has 1 fully saturated rings. The molecule has 0 aliphatic carbocycles. The molecule has 2 aromatic rings. The second-order valence-electron chi connectivity index (χ2n) is 10.2. The van der Waals surface area contributed by atoms with E-state index in [-0.39, 0.29) is 24.1 Å². The third-order valence-corrected chi connectivity index (χ3v) is 7.88. The summed E-state index contributed by atoms with van der Waals surface area (Å²) in [5.41, 5.74) is 4.35. The van der Waals surface area contributed by atoms with E-state index in [4.69, 9.17) is 4.74 Å². The van der Waals surface area contributed by atoms with Gasteiger partial charge in [0.05, 0.1) is 5.69 Å². The first-order chi connectivity index (χ1) is 16.6. The molecule has 0 saturated carbocycles. The number of aryl methyl sites for hydroxylation is 2. The molecule has 5 nitrogen and oxygen atoms in total. The van der Waals surface area contributed by atoms with Crippen LogP contribution in [0.15, 0.2) is 42.5 Å². The Kier molecular flexibility index (Phi) is 8.51. The van der Waals surface area contributed by atoms with E-state index in [0.29, 0.717) is 31.4 Å². The summed E-state index contributed by atoms with van der Waals surface area (Å²) in [6, 6.07) is 14.5. The first kappa shape index (κ1) is 25.7. The highest BCUT2D eigenvalue weighted by Crippen LogP contribution is 2.37. The Morgan fingerprint density at radius 3 is 2.49 bits per heavy atom. The molecule has 1 amide bonds. The molecule has 1 unspecified atom stereocenters. The smallest absolute Gasteiger partial charge is 0.227 e. The number of carbonyl (C=O) groups is 2. The van der Waals surface area contributed by atoms with E-state index in [1.54, 1.807) is 0 Å². The van der Waals surface area contributed by atoms with Crippen LogP contribution in [0.3, 0.4) is 0 Å². The number of ketones is 1. The van der Waals surface area contributed by atoms with E-state index < -0.39 is 0 Å². The highest BCUT2D eigenvalue weighted by Gasteiger charge is 2.30. The summed E-state index contributed by atoms with van der Waals surface area (Å²) in [6.07, 6.45) is 7.18. The average molecular weight is 497 g/mol. The lowest BCUT2D eigenvalue weighted by Crippen LogP contribution is -2.42. The van der Waals surface area contributed by atoms with Crippen LogP contribution < -0.4 is 9.64 Å². The van der Waals surface area contributed by atoms with Gasteiger partial charge in [0.2, 0.25) is 5.91 Å². The molecule has 2 aromatic carbocycles. The van der Waals surface area contributed by atoms with Gasteiger partial charge in [0, 0.05) is 31.0 Å². The molecule has 6 heteroatoms. The Morgan fingerprint density at radius 1 is 1.03 bits per heavy atom. The van der Waals surface area contributed by atoms with Crippen molar-refractivity contribution < 1.29 is 14.3 Å². The van der Waals surface area contributed by atoms with Crippen LogP contribution >= 0.6 is 12.4 Å². The van der Waals surface area contributed by atoms with Gasteiger partial charge in [-0.3, -0.25) is 14.5 Å². The molecular formula is C29H37ClN2O3. The summed E-state index contributed by atoms with van der Waals surface area (Å²) in [5, 5.41) is 0. The highest BCUT2D eigenvalue weighted by molar-refractivity contribution is 6.01. The van der Waals surface area contributed by atoms with Crippen LogP contribution in [0.2, 0.25) is 0 Å². The highest BCUT2D eigenvalue weighted by atomic mass is 35.5. The number of hydrogen-bond donors (Lipinski definition) is 0. The number of benzene rings is 2. The Morgan fingerprint density at radius 2 is 1.74 bits per heavy atom. The van der Waals surface area contributed by atoms with Crippen LogP contribution in [-0.2, 0) is 17.6 Å². The zero-order chi connectivity index (χ0) is 23.5. The lowest BCUT2D eigenvalue weighted by atomic mass is 9.86. The maximum absolute atomic E-state index is 13.1. The minimum Gasteiger partial charge on any atom is -0.492 e. The summed E-state index contributed by atoms with van der Waals surface area (Å²) >= 11 is 0. The molecule has 3 aliphatic heterocycles. The maximum Gasteiger partial charge on any atom is 0.227 e. The maximum atomic E-state index is 13.1. The molecule has 3 aliphatic rings. The van der Waals surface area contributed by atoms with Crippen LogP contribution in [0.1, 0.15) is 66.9 Å². The summed E-state index contributed by atoms with van der Waals surface area (Å²) in [5.74, 6) is 2.05. The fourth-order valence-electron chi connectivity index (χ4n) is 5.82. The molecule has 0 radical (unpaired) electrons. The Hall–Kier alpha value is -2.37.